The summed E-state index contributed by atoms with van der Waals surface area (Å²) in [6.07, 6.45) is 5.35. The number of amides is 1. The molecule has 0 saturated carbocycles. The van der Waals surface area contributed by atoms with Gasteiger partial charge in [0.15, 0.2) is 5.82 Å². The lowest BCUT2D eigenvalue weighted by atomic mass is 10.2. The third-order valence-electron chi connectivity index (χ3n) is 2.69. The molecule has 4 nitrogen and oxygen atoms in total. The van der Waals surface area contributed by atoms with Gasteiger partial charge >= 0.3 is 0 Å². The molecule has 0 spiro atoms. The van der Waals surface area contributed by atoms with Crippen molar-refractivity contribution in [3.8, 4) is 0 Å². The van der Waals surface area contributed by atoms with Crippen molar-refractivity contribution in [1.82, 2.24) is 10.2 Å². The quantitative estimate of drug-likeness (QED) is 0.822. The maximum atomic E-state index is 11.7. The van der Waals surface area contributed by atoms with Crippen LogP contribution < -0.4 is 5.32 Å². The number of carbonyl (C=O) groups excluding carboxylic acids is 1. The predicted molar refractivity (Wildman–Crippen MR) is 79.3 cm³/mol. The first-order valence-electron chi connectivity index (χ1n) is 6.26. The monoisotopic (exact) mass is 275 g/mol. The molecule has 0 unspecified atom stereocenters. The predicted octanol–water partition coefficient (Wildman–Crippen LogP) is 3.38. The van der Waals surface area contributed by atoms with Gasteiger partial charge in [-0.2, -0.15) is 5.10 Å². The maximum Gasteiger partial charge on any atom is 0.249 e. The number of aryl methyl sites for hydroxylation is 2. The summed E-state index contributed by atoms with van der Waals surface area (Å²) < 4.78 is 0. The molecule has 0 saturated heterocycles. The van der Waals surface area contributed by atoms with Crippen LogP contribution in [0.1, 0.15) is 29.5 Å². The SMILES string of the molecule is CCCc1cc(NC(=O)/C=C/c2sccc2C)n[nH]1. The summed E-state index contributed by atoms with van der Waals surface area (Å²) in [5.41, 5.74) is 2.22. The first-order valence-corrected chi connectivity index (χ1v) is 7.14. The Kier molecular flexibility index (Phi) is 4.52. The number of thiophene rings is 1. The van der Waals surface area contributed by atoms with Crippen LogP contribution in [0.4, 0.5) is 5.82 Å². The minimum absolute atomic E-state index is 0.164. The Morgan fingerprint density at radius 1 is 1.58 bits per heavy atom. The number of hydrogen-bond acceptors (Lipinski definition) is 3. The average Bonchev–Trinajstić information content (AvgIpc) is 2.97. The molecule has 2 aromatic rings. The Balaban J connectivity index is 1.93. The molecule has 0 fully saturated rings. The molecule has 2 aromatic heterocycles. The number of nitrogens with one attached hydrogen (secondary N) is 2. The Hall–Kier alpha value is -1.88. The maximum absolute atomic E-state index is 11.7. The van der Waals surface area contributed by atoms with E-state index in [0.717, 1.165) is 23.4 Å². The molecule has 0 aliphatic carbocycles. The molecule has 0 aliphatic rings. The number of nitrogens with zero attached hydrogens (tertiary/aromatic N) is 1. The van der Waals surface area contributed by atoms with Crippen molar-refractivity contribution < 1.29 is 4.79 Å². The minimum atomic E-state index is -0.164. The zero-order valence-corrected chi connectivity index (χ0v) is 11.9. The van der Waals surface area contributed by atoms with E-state index < -0.39 is 0 Å². The van der Waals surface area contributed by atoms with Crippen molar-refractivity contribution in [3.05, 3.63) is 39.7 Å². The summed E-state index contributed by atoms with van der Waals surface area (Å²) in [6, 6.07) is 3.90. The van der Waals surface area contributed by atoms with Gasteiger partial charge in [0, 0.05) is 22.7 Å². The second-order valence-corrected chi connectivity index (χ2v) is 5.27. The van der Waals surface area contributed by atoms with Gasteiger partial charge < -0.3 is 5.32 Å². The van der Waals surface area contributed by atoms with Crippen LogP contribution in [-0.4, -0.2) is 16.1 Å². The molecule has 100 valence electrons. The number of H-pyrrole nitrogens is 1. The fourth-order valence-electron chi connectivity index (χ4n) is 1.70. The van der Waals surface area contributed by atoms with Crippen molar-refractivity contribution in [2.45, 2.75) is 26.7 Å². The van der Waals surface area contributed by atoms with Gasteiger partial charge in [-0.25, -0.2) is 0 Å². The number of anilines is 1. The summed E-state index contributed by atoms with van der Waals surface area (Å²) in [5, 5.41) is 11.7. The molecule has 2 heterocycles. The molecule has 19 heavy (non-hydrogen) atoms. The highest BCUT2D eigenvalue weighted by Crippen LogP contribution is 2.17. The van der Waals surface area contributed by atoms with Gasteiger partial charge in [-0.1, -0.05) is 13.3 Å². The van der Waals surface area contributed by atoms with Gasteiger partial charge in [-0.05, 0) is 36.4 Å². The molecule has 0 bridgehead atoms. The van der Waals surface area contributed by atoms with Crippen LogP contribution in [-0.2, 0) is 11.2 Å². The van der Waals surface area contributed by atoms with Gasteiger partial charge in [0.1, 0.15) is 0 Å². The number of aromatic nitrogens is 2. The molecule has 1 amide bonds. The molecular formula is C14H17N3OS. The first-order chi connectivity index (χ1) is 9.19. The molecule has 0 aliphatic heterocycles. The number of aromatic amines is 1. The largest absolute Gasteiger partial charge is 0.306 e. The highest BCUT2D eigenvalue weighted by atomic mass is 32.1. The fraction of sp³-hybridized carbons (Fsp3) is 0.286. The van der Waals surface area contributed by atoms with Crippen LogP contribution in [0.2, 0.25) is 0 Å². The summed E-state index contributed by atoms with van der Waals surface area (Å²) in [6.45, 7) is 4.13. The first kappa shape index (κ1) is 13.5. The Bertz CT molecular complexity index is 583. The third-order valence-corrected chi connectivity index (χ3v) is 3.67. The van der Waals surface area contributed by atoms with Gasteiger partial charge in [0.2, 0.25) is 5.91 Å². The van der Waals surface area contributed by atoms with E-state index >= 15 is 0 Å². The normalized spacial score (nSPS) is 11.1. The summed E-state index contributed by atoms with van der Waals surface area (Å²) in [5.74, 6) is 0.406. The Labute approximate surface area is 116 Å². The molecular weight excluding hydrogens is 258 g/mol. The summed E-state index contributed by atoms with van der Waals surface area (Å²) >= 11 is 1.62. The molecule has 0 radical (unpaired) electrons. The van der Waals surface area contributed by atoms with Crippen molar-refractivity contribution in [2.24, 2.45) is 0 Å². The molecule has 5 heteroatoms. The number of hydrogen-bond donors (Lipinski definition) is 2. The van der Waals surface area contributed by atoms with Crippen LogP contribution in [0, 0.1) is 6.92 Å². The summed E-state index contributed by atoms with van der Waals surface area (Å²) in [4.78, 5) is 12.8. The van der Waals surface area contributed by atoms with Crippen LogP contribution in [0.15, 0.2) is 23.6 Å². The lowest BCUT2D eigenvalue weighted by molar-refractivity contribution is -0.111. The van der Waals surface area contributed by atoms with Gasteiger partial charge in [0.25, 0.3) is 0 Å². The second-order valence-electron chi connectivity index (χ2n) is 4.32. The van der Waals surface area contributed by atoms with Crippen molar-refractivity contribution in [2.75, 3.05) is 5.32 Å². The van der Waals surface area contributed by atoms with Crippen LogP contribution in [0.25, 0.3) is 6.08 Å². The van der Waals surface area contributed by atoms with E-state index in [0.29, 0.717) is 5.82 Å². The molecule has 0 atom stereocenters. The van der Waals surface area contributed by atoms with Gasteiger partial charge in [-0.3, -0.25) is 9.89 Å². The zero-order chi connectivity index (χ0) is 13.7. The molecule has 2 N–H and O–H groups in total. The van der Waals surface area contributed by atoms with Crippen molar-refractivity contribution in [1.29, 1.82) is 0 Å². The van der Waals surface area contributed by atoms with Crippen LogP contribution in [0.3, 0.4) is 0 Å². The van der Waals surface area contributed by atoms with Crippen LogP contribution in [0.5, 0.6) is 0 Å². The molecule has 2 rings (SSSR count). The van der Waals surface area contributed by atoms with Crippen LogP contribution >= 0.6 is 11.3 Å². The second kappa shape index (κ2) is 6.33. The number of rotatable bonds is 5. The Morgan fingerprint density at radius 2 is 2.42 bits per heavy atom. The minimum Gasteiger partial charge on any atom is -0.306 e. The number of carbonyl (C=O) groups is 1. The highest BCUT2D eigenvalue weighted by molar-refractivity contribution is 7.11. The van der Waals surface area contributed by atoms with Gasteiger partial charge in [-0.15, -0.1) is 11.3 Å². The van der Waals surface area contributed by atoms with Crippen molar-refractivity contribution >= 4 is 29.1 Å². The van der Waals surface area contributed by atoms with E-state index in [4.69, 9.17) is 0 Å². The molecule has 0 aromatic carbocycles. The van der Waals surface area contributed by atoms with E-state index in [1.165, 1.54) is 11.6 Å². The van der Waals surface area contributed by atoms with Gasteiger partial charge in [0.05, 0.1) is 0 Å². The lowest BCUT2D eigenvalue weighted by Crippen LogP contribution is -2.07. The average molecular weight is 275 g/mol. The fourth-order valence-corrected chi connectivity index (χ4v) is 2.52. The standard InChI is InChI=1S/C14H17N3OS/c1-3-4-11-9-13(17-16-11)15-14(18)6-5-12-10(2)7-8-19-12/h5-9H,3-4H2,1-2H3,(H2,15,16,17,18)/b6-5+. The van der Waals surface area contributed by atoms with Crippen molar-refractivity contribution in [3.63, 3.8) is 0 Å². The van der Waals surface area contributed by atoms with E-state index in [2.05, 4.69) is 22.4 Å². The smallest absolute Gasteiger partial charge is 0.249 e. The zero-order valence-electron chi connectivity index (χ0n) is 11.1. The van der Waals surface area contributed by atoms with E-state index in [-0.39, 0.29) is 5.91 Å². The Morgan fingerprint density at radius 3 is 3.11 bits per heavy atom. The van der Waals surface area contributed by atoms with E-state index in [9.17, 15) is 4.79 Å². The lowest BCUT2D eigenvalue weighted by Gasteiger charge is -1.95. The summed E-state index contributed by atoms with van der Waals surface area (Å²) in [7, 11) is 0. The van der Waals surface area contributed by atoms with E-state index in [1.54, 1.807) is 11.3 Å². The third kappa shape index (κ3) is 3.79. The van der Waals surface area contributed by atoms with E-state index in [1.807, 2.05) is 30.5 Å². The highest BCUT2D eigenvalue weighted by Gasteiger charge is 2.03. The topological polar surface area (TPSA) is 57.8 Å².